The number of nitrogens with zero attached hydrogens (tertiary/aromatic N) is 1. The van der Waals surface area contributed by atoms with Crippen molar-refractivity contribution in [1.29, 1.82) is 0 Å². The summed E-state index contributed by atoms with van der Waals surface area (Å²) < 4.78 is 0. The van der Waals surface area contributed by atoms with E-state index in [-0.39, 0.29) is 0 Å². The number of rotatable bonds is 3. The van der Waals surface area contributed by atoms with Crippen LogP contribution >= 0.6 is 0 Å². The van der Waals surface area contributed by atoms with Gasteiger partial charge in [-0.05, 0) is 19.4 Å². The van der Waals surface area contributed by atoms with Crippen molar-refractivity contribution in [2.75, 3.05) is 0 Å². The highest BCUT2D eigenvalue weighted by molar-refractivity contribution is 6.11. The van der Waals surface area contributed by atoms with Gasteiger partial charge < -0.3 is 11.1 Å². The molecule has 0 saturated carbocycles. The number of hydrogen-bond donors (Lipinski definition) is 3. The Morgan fingerprint density at radius 1 is 1.27 bits per heavy atom. The number of carbonyl (C=O) groups is 4. The summed E-state index contributed by atoms with van der Waals surface area (Å²) in [6.45, 7) is 2.90. The van der Waals surface area contributed by atoms with Crippen LogP contribution in [0.15, 0.2) is 30.3 Å². The molecule has 0 aromatic heterocycles. The zero-order chi connectivity index (χ0) is 16.5. The number of hydrogen-bond acceptors (Lipinski definition) is 4. The Morgan fingerprint density at radius 3 is 2.41 bits per heavy atom. The van der Waals surface area contributed by atoms with E-state index in [1.165, 1.54) is 6.92 Å². The molecule has 0 bridgehead atoms. The maximum atomic E-state index is 12.6. The molecule has 0 spiro atoms. The zero-order valence-electron chi connectivity index (χ0n) is 12.1. The third-order valence-corrected chi connectivity index (χ3v) is 3.59. The Bertz CT molecular complexity index is 646. The Morgan fingerprint density at radius 2 is 1.86 bits per heavy atom. The molecule has 6 amide bonds. The third kappa shape index (κ3) is 2.50. The van der Waals surface area contributed by atoms with Crippen molar-refractivity contribution in [2.45, 2.75) is 25.4 Å². The molecule has 2 rings (SSSR count). The fourth-order valence-electron chi connectivity index (χ4n) is 2.32. The predicted octanol–water partition coefficient (Wildman–Crippen LogP) is 0.0370. The van der Waals surface area contributed by atoms with Crippen LogP contribution in [0.3, 0.4) is 0 Å². The average molecular weight is 304 g/mol. The molecule has 8 nitrogen and oxygen atoms in total. The van der Waals surface area contributed by atoms with Crippen LogP contribution in [0.4, 0.5) is 9.59 Å². The summed E-state index contributed by atoms with van der Waals surface area (Å²) in [5.74, 6) is -1.40. The Labute approximate surface area is 126 Å². The maximum absolute atomic E-state index is 12.6. The molecule has 1 heterocycles. The van der Waals surface area contributed by atoms with Gasteiger partial charge in [0.2, 0.25) is 0 Å². The van der Waals surface area contributed by atoms with Crippen molar-refractivity contribution in [2.24, 2.45) is 5.73 Å². The van der Waals surface area contributed by atoms with E-state index in [9.17, 15) is 19.2 Å². The number of amides is 6. The smallest absolute Gasteiger partial charge is 0.326 e. The van der Waals surface area contributed by atoms with Crippen LogP contribution in [0.25, 0.3) is 0 Å². The molecule has 1 saturated heterocycles. The molecular formula is C14H16N4O4. The van der Waals surface area contributed by atoms with Gasteiger partial charge in [0.15, 0.2) is 0 Å². The molecule has 0 aliphatic carbocycles. The lowest BCUT2D eigenvalue weighted by atomic mass is 9.92. The largest absolute Gasteiger partial charge is 0.351 e. The number of urea groups is 2. The van der Waals surface area contributed by atoms with Crippen LogP contribution in [-0.4, -0.2) is 34.8 Å². The maximum Gasteiger partial charge on any atom is 0.326 e. The van der Waals surface area contributed by atoms with Crippen LogP contribution in [0, 0.1) is 0 Å². The number of benzene rings is 1. The molecule has 1 fully saturated rings. The highest BCUT2D eigenvalue weighted by Crippen LogP contribution is 2.29. The molecule has 8 heteroatoms. The van der Waals surface area contributed by atoms with Crippen LogP contribution in [0.5, 0.6) is 0 Å². The molecule has 116 valence electrons. The van der Waals surface area contributed by atoms with E-state index in [2.05, 4.69) is 5.32 Å². The lowest BCUT2D eigenvalue weighted by molar-refractivity contribution is -0.137. The molecule has 0 unspecified atom stereocenters. The lowest BCUT2D eigenvalue weighted by Gasteiger charge is -2.24. The second kappa shape index (κ2) is 5.47. The SMILES string of the molecule is C[C@@H](C(=O)NC(N)=O)N1C(=O)N[C@](C)(c2ccccc2)C1=O. The van der Waals surface area contributed by atoms with E-state index in [1.807, 2.05) is 5.32 Å². The van der Waals surface area contributed by atoms with Crippen molar-refractivity contribution < 1.29 is 19.2 Å². The first kappa shape index (κ1) is 15.5. The number of nitrogens with two attached hydrogens (primary N) is 1. The number of carbonyl (C=O) groups excluding carboxylic acids is 4. The second-order valence-corrected chi connectivity index (χ2v) is 5.13. The Kier molecular flexibility index (Phi) is 3.85. The molecule has 1 aromatic carbocycles. The minimum Gasteiger partial charge on any atom is -0.351 e. The first-order valence-corrected chi connectivity index (χ1v) is 6.59. The van der Waals surface area contributed by atoms with E-state index in [0.717, 1.165) is 4.90 Å². The van der Waals surface area contributed by atoms with E-state index in [0.29, 0.717) is 5.56 Å². The number of primary amides is 1. The number of nitrogens with one attached hydrogen (secondary N) is 2. The summed E-state index contributed by atoms with van der Waals surface area (Å²) in [6.07, 6.45) is 0. The van der Waals surface area contributed by atoms with Crippen molar-refractivity contribution >= 4 is 23.9 Å². The van der Waals surface area contributed by atoms with Crippen molar-refractivity contribution in [3.05, 3.63) is 35.9 Å². The molecule has 1 aromatic rings. The van der Waals surface area contributed by atoms with Crippen LogP contribution in [-0.2, 0) is 15.1 Å². The summed E-state index contributed by atoms with van der Waals surface area (Å²) in [4.78, 5) is 48.0. The molecule has 0 radical (unpaired) electrons. The van der Waals surface area contributed by atoms with Gasteiger partial charge in [-0.15, -0.1) is 0 Å². The standard InChI is InChI=1S/C14H16N4O4/c1-8(10(19)16-12(15)21)18-11(20)14(2,17-13(18)22)9-6-4-3-5-7-9/h3-8H,1-2H3,(H,17,22)(H3,15,16,19,21)/t8-,14+/m0/s1. The molecule has 2 atom stereocenters. The summed E-state index contributed by atoms with van der Waals surface area (Å²) >= 11 is 0. The van der Waals surface area contributed by atoms with Gasteiger partial charge in [-0.3, -0.25) is 14.9 Å². The highest BCUT2D eigenvalue weighted by atomic mass is 16.2. The fraction of sp³-hybridized carbons (Fsp3) is 0.286. The number of imide groups is 2. The zero-order valence-corrected chi connectivity index (χ0v) is 12.1. The summed E-state index contributed by atoms with van der Waals surface area (Å²) in [5, 5.41) is 4.43. The van der Waals surface area contributed by atoms with Crippen molar-refractivity contribution in [3.63, 3.8) is 0 Å². The summed E-state index contributed by atoms with van der Waals surface area (Å²) in [7, 11) is 0. The molecule has 4 N–H and O–H groups in total. The molecular weight excluding hydrogens is 288 g/mol. The Balaban J connectivity index is 2.29. The van der Waals surface area contributed by atoms with Gasteiger partial charge >= 0.3 is 12.1 Å². The third-order valence-electron chi connectivity index (χ3n) is 3.59. The topological polar surface area (TPSA) is 122 Å². The summed E-state index contributed by atoms with van der Waals surface area (Å²) in [5.41, 5.74) is 4.20. The van der Waals surface area contributed by atoms with Gasteiger partial charge in [0.05, 0.1) is 0 Å². The van der Waals surface area contributed by atoms with E-state index in [1.54, 1.807) is 37.3 Å². The van der Waals surface area contributed by atoms with Gasteiger partial charge in [0.25, 0.3) is 11.8 Å². The van der Waals surface area contributed by atoms with Crippen LogP contribution in [0.1, 0.15) is 19.4 Å². The van der Waals surface area contributed by atoms with Gasteiger partial charge in [-0.2, -0.15) is 0 Å². The van der Waals surface area contributed by atoms with Crippen molar-refractivity contribution in [1.82, 2.24) is 15.5 Å². The monoisotopic (exact) mass is 304 g/mol. The average Bonchev–Trinajstić information content (AvgIpc) is 2.69. The lowest BCUT2D eigenvalue weighted by Crippen LogP contribution is -2.51. The quantitative estimate of drug-likeness (QED) is 0.682. The summed E-state index contributed by atoms with van der Waals surface area (Å²) in [6, 6.07) is 5.77. The van der Waals surface area contributed by atoms with E-state index < -0.39 is 35.5 Å². The highest BCUT2D eigenvalue weighted by Gasteiger charge is 2.51. The van der Waals surface area contributed by atoms with Gasteiger partial charge in [0, 0.05) is 0 Å². The van der Waals surface area contributed by atoms with Crippen molar-refractivity contribution in [3.8, 4) is 0 Å². The van der Waals surface area contributed by atoms with Gasteiger partial charge in [-0.1, -0.05) is 30.3 Å². The molecule has 1 aliphatic rings. The fourth-order valence-corrected chi connectivity index (χ4v) is 2.32. The molecule has 22 heavy (non-hydrogen) atoms. The van der Waals surface area contributed by atoms with Crippen LogP contribution in [0.2, 0.25) is 0 Å². The predicted molar refractivity (Wildman–Crippen MR) is 76.4 cm³/mol. The normalized spacial score (nSPS) is 22.2. The first-order chi connectivity index (χ1) is 10.3. The van der Waals surface area contributed by atoms with E-state index in [4.69, 9.17) is 5.73 Å². The molecule has 1 aliphatic heterocycles. The van der Waals surface area contributed by atoms with Crippen LogP contribution < -0.4 is 16.4 Å². The van der Waals surface area contributed by atoms with E-state index >= 15 is 0 Å². The minimum absolute atomic E-state index is 0.573. The van der Waals surface area contributed by atoms with Gasteiger partial charge in [0.1, 0.15) is 11.6 Å². The Hall–Kier alpha value is -2.90. The minimum atomic E-state index is -1.26. The first-order valence-electron chi connectivity index (χ1n) is 6.59. The second-order valence-electron chi connectivity index (χ2n) is 5.13. The van der Waals surface area contributed by atoms with Gasteiger partial charge in [-0.25, -0.2) is 14.5 Å².